The van der Waals surface area contributed by atoms with E-state index in [4.69, 9.17) is 5.73 Å². The van der Waals surface area contributed by atoms with E-state index >= 15 is 0 Å². The maximum Gasteiger partial charge on any atom is 0.245 e. The SMILES string of the molecule is Cc1nc(CN(C)S(=O)(=O)c2c(C)ccc(C)c2N)n[nH]1. The van der Waals surface area contributed by atoms with E-state index in [9.17, 15) is 8.42 Å². The van der Waals surface area contributed by atoms with Crippen molar-refractivity contribution in [1.82, 2.24) is 19.5 Å². The Bertz CT molecular complexity index is 767. The zero-order chi connectivity index (χ0) is 15.8. The number of rotatable bonds is 4. The molecular formula is C13H19N5O2S. The third-order valence-corrected chi connectivity index (χ3v) is 5.29. The van der Waals surface area contributed by atoms with Crippen LogP contribution in [-0.4, -0.2) is 35.0 Å². The zero-order valence-corrected chi connectivity index (χ0v) is 13.3. The van der Waals surface area contributed by atoms with Gasteiger partial charge in [-0.25, -0.2) is 13.4 Å². The number of aromatic nitrogens is 3. The molecule has 0 saturated carbocycles. The highest BCUT2D eigenvalue weighted by Crippen LogP contribution is 2.28. The normalized spacial score (nSPS) is 12.0. The molecule has 7 nitrogen and oxygen atoms in total. The molecule has 2 rings (SSSR count). The number of hydrogen-bond acceptors (Lipinski definition) is 5. The predicted molar refractivity (Wildman–Crippen MR) is 80.1 cm³/mol. The van der Waals surface area contributed by atoms with E-state index in [1.807, 2.05) is 6.07 Å². The van der Waals surface area contributed by atoms with Crippen molar-refractivity contribution in [3.63, 3.8) is 0 Å². The average Bonchev–Trinajstić information content (AvgIpc) is 2.79. The number of anilines is 1. The quantitative estimate of drug-likeness (QED) is 0.824. The molecule has 3 N–H and O–H groups in total. The first kappa shape index (κ1) is 15.5. The lowest BCUT2D eigenvalue weighted by atomic mass is 10.1. The van der Waals surface area contributed by atoms with Crippen LogP contribution in [0, 0.1) is 20.8 Å². The molecule has 0 aliphatic heterocycles. The van der Waals surface area contributed by atoms with Gasteiger partial charge in [-0.3, -0.25) is 5.10 Å². The summed E-state index contributed by atoms with van der Waals surface area (Å²) in [5.41, 5.74) is 7.61. The van der Waals surface area contributed by atoms with Crippen LogP contribution in [0.3, 0.4) is 0 Å². The first-order valence-corrected chi connectivity index (χ1v) is 7.87. The van der Waals surface area contributed by atoms with Gasteiger partial charge in [0.15, 0.2) is 5.82 Å². The standard InChI is InChI=1S/C13H19N5O2S/c1-8-5-6-9(2)13(12(8)14)21(19,20)18(4)7-11-15-10(3)16-17-11/h5-6H,7,14H2,1-4H3,(H,15,16,17). The van der Waals surface area contributed by atoms with Crippen LogP contribution in [0.15, 0.2) is 17.0 Å². The molecule has 8 heteroatoms. The van der Waals surface area contributed by atoms with E-state index in [1.54, 1.807) is 26.8 Å². The van der Waals surface area contributed by atoms with Gasteiger partial charge in [0.2, 0.25) is 10.0 Å². The summed E-state index contributed by atoms with van der Waals surface area (Å²) in [6.07, 6.45) is 0. The Morgan fingerprint density at radius 2 is 1.86 bits per heavy atom. The van der Waals surface area contributed by atoms with Crippen molar-refractivity contribution in [2.45, 2.75) is 32.2 Å². The summed E-state index contributed by atoms with van der Waals surface area (Å²) in [6.45, 7) is 5.35. The average molecular weight is 309 g/mol. The van der Waals surface area contributed by atoms with Crippen LogP contribution in [0.2, 0.25) is 0 Å². The summed E-state index contributed by atoms with van der Waals surface area (Å²) in [6, 6.07) is 3.56. The van der Waals surface area contributed by atoms with Crippen LogP contribution in [0.5, 0.6) is 0 Å². The second-order valence-electron chi connectivity index (χ2n) is 5.04. The van der Waals surface area contributed by atoms with Gasteiger partial charge in [-0.2, -0.15) is 9.40 Å². The lowest BCUT2D eigenvalue weighted by Gasteiger charge is -2.19. The van der Waals surface area contributed by atoms with Crippen LogP contribution in [0.4, 0.5) is 5.69 Å². The van der Waals surface area contributed by atoms with E-state index in [0.29, 0.717) is 17.2 Å². The minimum atomic E-state index is -3.70. The molecular weight excluding hydrogens is 290 g/mol. The number of sulfonamides is 1. The minimum Gasteiger partial charge on any atom is -0.397 e. The molecule has 0 fully saturated rings. The fraction of sp³-hybridized carbons (Fsp3) is 0.385. The van der Waals surface area contributed by atoms with Gasteiger partial charge in [-0.05, 0) is 31.9 Å². The number of H-pyrrole nitrogens is 1. The van der Waals surface area contributed by atoms with Gasteiger partial charge in [0.1, 0.15) is 10.7 Å². The van der Waals surface area contributed by atoms with Gasteiger partial charge in [0.05, 0.1) is 12.2 Å². The topological polar surface area (TPSA) is 105 Å². The van der Waals surface area contributed by atoms with Gasteiger partial charge in [0, 0.05) is 7.05 Å². The van der Waals surface area contributed by atoms with Gasteiger partial charge < -0.3 is 5.73 Å². The molecule has 1 aromatic heterocycles. The number of aromatic amines is 1. The van der Waals surface area contributed by atoms with Crippen LogP contribution in [-0.2, 0) is 16.6 Å². The summed E-state index contributed by atoms with van der Waals surface area (Å²) in [5, 5.41) is 6.64. The van der Waals surface area contributed by atoms with Gasteiger partial charge in [-0.1, -0.05) is 12.1 Å². The molecule has 114 valence electrons. The fourth-order valence-corrected chi connectivity index (χ4v) is 3.56. The number of nitrogen functional groups attached to an aromatic ring is 1. The largest absolute Gasteiger partial charge is 0.397 e. The lowest BCUT2D eigenvalue weighted by Crippen LogP contribution is -2.28. The Balaban J connectivity index is 2.40. The molecule has 0 aliphatic carbocycles. The molecule has 0 bridgehead atoms. The molecule has 1 heterocycles. The molecule has 0 atom stereocenters. The predicted octanol–water partition coefficient (Wildman–Crippen LogP) is 1.13. The summed E-state index contributed by atoms with van der Waals surface area (Å²) in [7, 11) is -2.21. The number of benzene rings is 1. The van der Waals surface area contributed by atoms with Crippen molar-refractivity contribution >= 4 is 15.7 Å². The van der Waals surface area contributed by atoms with E-state index in [1.165, 1.54) is 11.4 Å². The molecule has 1 aromatic carbocycles. The number of hydrogen-bond donors (Lipinski definition) is 2. The molecule has 0 saturated heterocycles. The van der Waals surface area contributed by atoms with Crippen molar-refractivity contribution in [2.75, 3.05) is 12.8 Å². The highest BCUT2D eigenvalue weighted by atomic mass is 32.2. The summed E-state index contributed by atoms with van der Waals surface area (Å²) < 4.78 is 26.6. The smallest absolute Gasteiger partial charge is 0.245 e. The Kier molecular flexibility index (Phi) is 4.02. The van der Waals surface area contributed by atoms with Gasteiger partial charge in [-0.15, -0.1) is 0 Å². The maximum absolute atomic E-state index is 12.7. The Hall–Kier alpha value is -1.93. The number of aryl methyl sites for hydroxylation is 3. The van der Waals surface area contributed by atoms with Gasteiger partial charge >= 0.3 is 0 Å². The number of nitrogens with zero attached hydrogens (tertiary/aromatic N) is 3. The zero-order valence-electron chi connectivity index (χ0n) is 12.5. The Morgan fingerprint density at radius 3 is 2.43 bits per heavy atom. The highest BCUT2D eigenvalue weighted by molar-refractivity contribution is 7.89. The van der Waals surface area contributed by atoms with E-state index in [2.05, 4.69) is 15.2 Å². The Morgan fingerprint density at radius 1 is 1.24 bits per heavy atom. The third kappa shape index (κ3) is 2.91. The fourth-order valence-electron chi connectivity index (χ4n) is 2.05. The lowest BCUT2D eigenvalue weighted by molar-refractivity contribution is 0.457. The summed E-state index contributed by atoms with van der Waals surface area (Å²) in [5.74, 6) is 1.06. The second-order valence-corrected chi connectivity index (χ2v) is 7.02. The first-order chi connectivity index (χ1) is 9.73. The number of nitrogens with two attached hydrogens (primary N) is 1. The van der Waals surface area contributed by atoms with E-state index < -0.39 is 10.0 Å². The van der Waals surface area contributed by atoms with Crippen molar-refractivity contribution in [3.05, 3.63) is 34.9 Å². The first-order valence-electron chi connectivity index (χ1n) is 6.43. The van der Waals surface area contributed by atoms with Crippen LogP contribution in [0.1, 0.15) is 22.8 Å². The molecule has 0 amide bonds. The minimum absolute atomic E-state index is 0.0828. The van der Waals surface area contributed by atoms with Crippen LogP contribution in [0.25, 0.3) is 0 Å². The summed E-state index contributed by atoms with van der Waals surface area (Å²) in [4.78, 5) is 4.27. The maximum atomic E-state index is 12.7. The molecule has 0 spiro atoms. The van der Waals surface area contributed by atoms with Crippen LogP contribution >= 0.6 is 0 Å². The monoisotopic (exact) mass is 309 g/mol. The molecule has 2 aromatic rings. The van der Waals surface area contributed by atoms with E-state index in [0.717, 1.165) is 5.56 Å². The number of nitrogens with one attached hydrogen (secondary N) is 1. The van der Waals surface area contributed by atoms with E-state index in [-0.39, 0.29) is 17.1 Å². The highest BCUT2D eigenvalue weighted by Gasteiger charge is 2.27. The van der Waals surface area contributed by atoms with Crippen molar-refractivity contribution in [2.24, 2.45) is 0 Å². The van der Waals surface area contributed by atoms with Crippen molar-refractivity contribution < 1.29 is 8.42 Å². The van der Waals surface area contributed by atoms with Crippen molar-refractivity contribution in [1.29, 1.82) is 0 Å². The molecule has 0 aliphatic rings. The van der Waals surface area contributed by atoms with Crippen molar-refractivity contribution in [3.8, 4) is 0 Å². The second kappa shape index (κ2) is 5.45. The molecule has 0 unspecified atom stereocenters. The van der Waals surface area contributed by atoms with Crippen LogP contribution < -0.4 is 5.73 Å². The Labute approximate surface area is 124 Å². The summed E-state index contributed by atoms with van der Waals surface area (Å²) >= 11 is 0. The molecule has 0 radical (unpaired) electrons. The van der Waals surface area contributed by atoms with Gasteiger partial charge in [0.25, 0.3) is 0 Å². The molecule has 21 heavy (non-hydrogen) atoms. The third-order valence-electron chi connectivity index (χ3n) is 3.29.